The molecule has 1 aromatic rings. The normalized spacial score (nSPS) is 20.6. The van der Waals surface area contributed by atoms with Crippen LogP contribution >= 0.6 is 0 Å². The van der Waals surface area contributed by atoms with Gasteiger partial charge in [0, 0.05) is 18.5 Å². The van der Waals surface area contributed by atoms with Crippen LogP contribution in [-0.2, 0) is 11.2 Å². The third-order valence-corrected chi connectivity index (χ3v) is 6.24. The molecule has 1 spiro atoms. The monoisotopic (exact) mass is 381 g/mol. The number of nitrogens with zero attached hydrogens (tertiary/aromatic N) is 1. The largest absolute Gasteiger partial charge is 0.435 e. The molecule has 1 heterocycles. The molecule has 4 nitrogen and oxygen atoms in total. The van der Waals surface area contributed by atoms with Crippen molar-refractivity contribution in [3.63, 3.8) is 0 Å². The number of aliphatic hydroxyl groups excluding tert-OH is 1. The number of carbonyl (C=O) groups is 1. The molecule has 3 rings (SSSR count). The summed E-state index contributed by atoms with van der Waals surface area (Å²) in [7, 11) is 0. The Balaban J connectivity index is 1.47. The summed E-state index contributed by atoms with van der Waals surface area (Å²) >= 11 is 0. The topological polar surface area (TPSA) is 49.8 Å². The second kappa shape index (κ2) is 8.55. The lowest BCUT2D eigenvalue weighted by Crippen LogP contribution is -2.60. The minimum atomic E-state index is -2.79. The Labute approximate surface area is 159 Å². The van der Waals surface area contributed by atoms with Gasteiger partial charge in [-0.05, 0) is 62.1 Å². The van der Waals surface area contributed by atoms with Crippen LogP contribution in [0.4, 0.5) is 8.78 Å². The van der Waals surface area contributed by atoms with Crippen LogP contribution in [0.15, 0.2) is 24.3 Å². The number of benzene rings is 1. The molecule has 1 saturated heterocycles. The molecule has 1 saturated carbocycles. The lowest BCUT2D eigenvalue weighted by Gasteiger charge is -2.54. The van der Waals surface area contributed by atoms with Gasteiger partial charge in [-0.15, -0.1) is 0 Å². The third kappa shape index (κ3) is 4.78. The molecule has 1 atom stereocenters. The fourth-order valence-corrected chi connectivity index (χ4v) is 4.55. The first-order valence-electron chi connectivity index (χ1n) is 9.88. The van der Waals surface area contributed by atoms with E-state index in [1.807, 2.05) is 17.9 Å². The summed E-state index contributed by atoms with van der Waals surface area (Å²) in [4.78, 5) is 14.2. The van der Waals surface area contributed by atoms with Crippen molar-refractivity contribution in [1.82, 2.24) is 4.90 Å². The number of halogens is 2. The highest BCUT2D eigenvalue weighted by Gasteiger charge is 2.47. The second-order valence-electron chi connectivity index (χ2n) is 8.16. The number of likely N-dealkylation sites (tertiary alicyclic amines) is 1. The van der Waals surface area contributed by atoms with E-state index in [0.29, 0.717) is 12.3 Å². The van der Waals surface area contributed by atoms with Crippen LogP contribution in [0.25, 0.3) is 0 Å². The number of rotatable bonds is 7. The number of aliphatic hydroxyl groups is 1. The Bertz CT molecular complexity index is 632. The van der Waals surface area contributed by atoms with Gasteiger partial charge in [0.2, 0.25) is 5.91 Å². The van der Waals surface area contributed by atoms with Crippen LogP contribution in [0.5, 0.6) is 5.75 Å². The molecule has 6 heteroatoms. The van der Waals surface area contributed by atoms with Gasteiger partial charge in [0.15, 0.2) is 0 Å². The summed E-state index contributed by atoms with van der Waals surface area (Å²) in [6, 6.07) is 6.99. The minimum Gasteiger partial charge on any atom is -0.435 e. The van der Waals surface area contributed by atoms with E-state index in [1.54, 1.807) is 18.2 Å². The van der Waals surface area contributed by atoms with Gasteiger partial charge in [-0.25, -0.2) is 0 Å². The lowest BCUT2D eigenvalue weighted by atomic mass is 9.65. The van der Waals surface area contributed by atoms with Crippen LogP contribution < -0.4 is 4.74 Å². The highest BCUT2D eigenvalue weighted by atomic mass is 19.3. The molecule has 1 amide bonds. The average molecular weight is 381 g/mol. The van der Waals surface area contributed by atoms with Crippen molar-refractivity contribution in [3.05, 3.63) is 29.8 Å². The summed E-state index contributed by atoms with van der Waals surface area (Å²) in [6.07, 6.45) is 5.95. The lowest BCUT2D eigenvalue weighted by molar-refractivity contribution is -0.152. The molecule has 2 aliphatic rings. The maximum absolute atomic E-state index is 12.4. The van der Waals surface area contributed by atoms with Crippen molar-refractivity contribution in [3.8, 4) is 5.75 Å². The number of hydrogen-bond acceptors (Lipinski definition) is 3. The molecular formula is C21H29F2NO3. The molecule has 0 bridgehead atoms. The highest BCUT2D eigenvalue weighted by Crippen LogP contribution is 2.46. The summed E-state index contributed by atoms with van der Waals surface area (Å²) in [5, 5.41) is 9.31. The third-order valence-electron chi connectivity index (χ3n) is 6.24. The fraction of sp³-hybridized carbons (Fsp3) is 0.667. The first-order chi connectivity index (χ1) is 12.9. The predicted molar refractivity (Wildman–Crippen MR) is 98.6 cm³/mol. The Morgan fingerprint density at radius 2 is 2.04 bits per heavy atom. The zero-order valence-corrected chi connectivity index (χ0v) is 15.9. The van der Waals surface area contributed by atoms with Crippen LogP contribution in [0.3, 0.4) is 0 Å². The Hall–Kier alpha value is -1.69. The molecule has 1 N–H and O–H groups in total. The number of alkyl halides is 2. The highest BCUT2D eigenvalue weighted by molar-refractivity contribution is 5.80. The SMILES string of the molecule is CC[C@H](CO)C(=O)N1CC2(CCC(Cc3cccc(OC(F)F)c3)CC2)C1. The molecule has 1 aromatic carbocycles. The standard InChI is InChI=1S/C21H29F2NO3/c1-2-17(12-25)19(26)24-13-21(14-24)8-6-15(7-9-21)10-16-4-3-5-18(11-16)27-20(22)23/h3-5,11,15,17,20,25H,2,6-10,12-14H2,1H3/t17-/m1/s1. The van der Waals surface area contributed by atoms with Crippen molar-refractivity contribution in [2.45, 2.75) is 52.1 Å². The van der Waals surface area contributed by atoms with Crippen LogP contribution in [0.1, 0.15) is 44.6 Å². The molecule has 2 fully saturated rings. The van der Waals surface area contributed by atoms with E-state index in [2.05, 4.69) is 4.74 Å². The molecule has 0 aromatic heterocycles. The van der Waals surface area contributed by atoms with Crippen molar-refractivity contribution in [1.29, 1.82) is 0 Å². The smallest absolute Gasteiger partial charge is 0.387 e. The Morgan fingerprint density at radius 1 is 1.33 bits per heavy atom. The zero-order valence-electron chi connectivity index (χ0n) is 15.9. The quantitative estimate of drug-likeness (QED) is 0.780. The molecule has 0 unspecified atom stereocenters. The number of amides is 1. The maximum Gasteiger partial charge on any atom is 0.387 e. The molecule has 1 aliphatic heterocycles. The Kier molecular flexibility index (Phi) is 6.35. The van der Waals surface area contributed by atoms with E-state index in [0.717, 1.165) is 50.8 Å². The number of ether oxygens (including phenoxy) is 1. The van der Waals surface area contributed by atoms with Crippen LogP contribution in [-0.4, -0.2) is 42.2 Å². The van der Waals surface area contributed by atoms with E-state index < -0.39 is 6.61 Å². The zero-order chi connectivity index (χ0) is 19.4. The second-order valence-corrected chi connectivity index (χ2v) is 8.16. The summed E-state index contributed by atoms with van der Waals surface area (Å²) in [6.45, 7) is 0.688. The van der Waals surface area contributed by atoms with Crippen molar-refractivity contribution in [2.75, 3.05) is 19.7 Å². The van der Waals surface area contributed by atoms with Gasteiger partial charge >= 0.3 is 6.61 Å². The van der Waals surface area contributed by atoms with E-state index in [9.17, 15) is 18.7 Å². The molecular weight excluding hydrogens is 352 g/mol. The van der Waals surface area contributed by atoms with Crippen LogP contribution in [0.2, 0.25) is 0 Å². The summed E-state index contributed by atoms with van der Waals surface area (Å²) in [5.74, 6) is 0.588. The van der Waals surface area contributed by atoms with Gasteiger partial charge in [0.1, 0.15) is 5.75 Å². The first-order valence-corrected chi connectivity index (χ1v) is 9.88. The van der Waals surface area contributed by atoms with Gasteiger partial charge in [-0.2, -0.15) is 8.78 Å². The van der Waals surface area contributed by atoms with Gasteiger partial charge in [-0.1, -0.05) is 19.1 Å². The van der Waals surface area contributed by atoms with Crippen LogP contribution in [0, 0.1) is 17.3 Å². The molecule has 27 heavy (non-hydrogen) atoms. The Morgan fingerprint density at radius 3 is 2.63 bits per heavy atom. The first kappa shape index (κ1) is 20.1. The van der Waals surface area contributed by atoms with E-state index in [4.69, 9.17) is 0 Å². The van der Waals surface area contributed by atoms with E-state index in [-0.39, 0.29) is 29.6 Å². The maximum atomic E-state index is 12.4. The molecule has 150 valence electrons. The molecule has 0 radical (unpaired) electrons. The van der Waals surface area contributed by atoms with Crippen molar-refractivity contribution >= 4 is 5.91 Å². The van der Waals surface area contributed by atoms with Gasteiger partial charge in [0.05, 0.1) is 12.5 Å². The van der Waals surface area contributed by atoms with Gasteiger partial charge < -0.3 is 14.7 Å². The summed E-state index contributed by atoms with van der Waals surface area (Å²) in [5.41, 5.74) is 1.29. The summed E-state index contributed by atoms with van der Waals surface area (Å²) < 4.78 is 29.2. The average Bonchev–Trinajstić information content (AvgIpc) is 2.61. The van der Waals surface area contributed by atoms with Crippen molar-refractivity contribution in [2.24, 2.45) is 17.3 Å². The van der Waals surface area contributed by atoms with E-state index in [1.165, 1.54) is 0 Å². The molecule has 1 aliphatic carbocycles. The minimum absolute atomic E-state index is 0.0742. The predicted octanol–water partition coefficient (Wildman–Crippen LogP) is 3.87. The van der Waals surface area contributed by atoms with Gasteiger partial charge in [0.25, 0.3) is 0 Å². The van der Waals surface area contributed by atoms with E-state index >= 15 is 0 Å². The van der Waals surface area contributed by atoms with Crippen molar-refractivity contribution < 1.29 is 23.4 Å². The number of hydrogen-bond donors (Lipinski definition) is 1. The number of carbonyl (C=O) groups excluding carboxylic acids is 1. The van der Waals surface area contributed by atoms with Gasteiger partial charge in [-0.3, -0.25) is 4.79 Å². The fourth-order valence-electron chi connectivity index (χ4n) is 4.55.